The zero-order valence-electron chi connectivity index (χ0n) is 14.2. The molecule has 2 N–H and O–H groups in total. The van der Waals surface area contributed by atoms with E-state index in [4.69, 9.17) is 4.74 Å². The Kier molecular flexibility index (Phi) is 6.11. The van der Waals surface area contributed by atoms with E-state index in [0.717, 1.165) is 31.5 Å². The molecule has 1 aliphatic heterocycles. The fourth-order valence-electron chi connectivity index (χ4n) is 2.81. The van der Waals surface area contributed by atoms with Gasteiger partial charge < -0.3 is 15.4 Å². The Labute approximate surface area is 149 Å². The van der Waals surface area contributed by atoms with Crippen LogP contribution in [0.5, 0.6) is 5.75 Å². The summed E-state index contributed by atoms with van der Waals surface area (Å²) in [6, 6.07) is 6.94. The van der Waals surface area contributed by atoms with Gasteiger partial charge in [0.25, 0.3) is 12.3 Å². The van der Waals surface area contributed by atoms with E-state index in [9.17, 15) is 13.6 Å². The Morgan fingerprint density at radius 1 is 1.38 bits per heavy atom. The van der Waals surface area contributed by atoms with E-state index >= 15 is 0 Å². The third-order valence-electron chi connectivity index (χ3n) is 4.15. The number of alkyl halides is 2. The average Bonchev–Trinajstić information content (AvgIpc) is 3.16. The third kappa shape index (κ3) is 4.98. The van der Waals surface area contributed by atoms with Crippen LogP contribution in [-0.4, -0.2) is 47.0 Å². The highest BCUT2D eigenvalue weighted by atomic mass is 19.3. The lowest BCUT2D eigenvalue weighted by atomic mass is 10.1. The molecular formula is C17H21F2N5O2. The molecule has 2 heterocycles. The van der Waals surface area contributed by atoms with E-state index < -0.39 is 13.0 Å². The third-order valence-corrected chi connectivity index (χ3v) is 4.15. The van der Waals surface area contributed by atoms with Gasteiger partial charge in [-0.05, 0) is 43.6 Å². The van der Waals surface area contributed by atoms with Crippen molar-refractivity contribution in [3.8, 4) is 5.75 Å². The van der Waals surface area contributed by atoms with E-state index in [1.54, 1.807) is 35.1 Å². The molecule has 1 fully saturated rings. The number of carbonyl (C=O) groups is 1. The first-order chi connectivity index (χ1) is 12.6. The van der Waals surface area contributed by atoms with Crippen LogP contribution in [0.25, 0.3) is 0 Å². The first-order valence-corrected chi connectivity index (χ1v) is 8.52. The topological polar surface area (TPSA) is 81.1 Å². The average molecular weight is 365 g/mol. The largest absolute Gasteiger partial charge is 0.488 e. The van der Waals surface area contributed by atoms with Crippen LogP contribution >= 0.6 is 0 Å². The molecule has 1 aliphatic rings. The molecule has 1 amide bonds. The van der Waals surface area contributed by atoms with Gasteiger partial charge in [-0.3, -0.25) is 4.79 Å². The molecule has 7 nitrogen and oxygen atoms in total. The number of nitrogens with one attached hydrogen (secondary N) is 2. The second-order valence-electron chi connectivity index (χ2n) is 6.10. The normalized spacial score (nSPS) is 15.2. The fraction of sp³-hybridized carbons (Fsp3) is 0.471. The number of halogens is 2. The van der Waals surface area contributed by atoms with Crippen molar-refractivity contribution in [3.63, 3.8) is 0 Å². The van der Waals surface area contributed by atoms with Crippen molar-refractivity contribution in [2.75, 3.05) is 19.7 Å². The summed E-state index contributed by atoms with van der Waals surface area (Å²) in [4.78, 5) is 12.2. The van der Waals surface area contributed by atoms with Gasteiger partial charge in [-0.2, -0.15) is 0 Å². The number of hydrogen-bond donors (Lipinski definition) is 2. The second kappa shape index (κ2) is 8.70. The molecule has 2 aromatic rings. The minimum absolute atomic E-state index is 0.241. The molecule has 26 heavy (non-hydrogen) atoms. The fourth-order valence-corrected chi connectivity index (χ4v) is 2.81. The van der Waals surface area contributed by atoms with E-state index in [2.05, 4.69) is 20.9 Å². The SMILES string of the molecule is O=C(NCc1cccc(OCC(F)F)c1)c1cn(C2CCNCC2)nn1. The zero-order chi connectivity index (χ0) is 18.4. The molecule has 3 rings (SSSR count). The second-order valence-corrected chi connectivity index (χ2v) is 6.10. The lowest BCUT2D eigenvalue weighted by Gasteiger charge is -2.22. The predicted molar refractivity (Wildman–Crippen MR) is 90.3 cm³/mol. The number of carbonyl (C=O) groups excluding carboxylic acids is 1. The predicted octanol–water partition coefficient (Wildman–Crippen LogP) is 1.78. The maximum absolute atomic E-state index is 12.2. The highest BCUT2D eigenvalue weighted by Crippen LogP contribution is 2.17. The molecule has 140 valence electrons. The van der Waals surface area contributed by atoms with Crippen molar-refractivity contribution in [3.05, 3.63) is 41.7 Å². The smallest absolute Gasteiger partial charge is 0.273 e. The summed E-state index contributed by atoms with van der Waals surface area (Å²) in [5.74, 6) is 0.0120. The van der Waals surface area contributed by atoms with Crippen molar-refractivity contribution in [1.29, 1.82) is 0 Å². The number of amides is 1. The summed E-state index contributed by atoms with van der Waals surface area (Å²) in [7, 11) is 0. The molecular weight excluding hydrogens is 344 g/mol. The molecule has 0 radical (unpaired) electrons. The Hall–Kier alpha value is -2.55. The Bertz CT molecular complexity index is 731. The minimum atomic E-state index is -2.53. The summed E-state index contributed by atoms with van der Waals surface area (Å²) in [5, 5.41) is 14.0. The molecule has 1 aromatic carbocycles. The molecule has 0 unspecified atom stereocenters. The lowest BCUT2D eigenvalue weighted by molar-refractivity contribution is 0.0818. The molecule has 0 aliphatic carbocycles. The van der Waals surface area contributed by atoms with Crippen LogP contribution < -0.4 is 15.4 Å². The highest BCUT2D eigenvalue weighted by molar-refractivity contribution is 5.91. The van der Waals surface area contributed by atoms with E-state index in [1.165, 1.54) is 0 Å². The molecule has 0 spiro atoms. The quantitative estimate of drug-likeness (QED) is 0.782. The van der Waals surface area contributed by atoms with Crippen LogP contribution in [0.15, 0.2) is 30.5 Å². The van der Waals surface area contributed by atoms with E-state index in [1.807, 2.05) is 0 Å². The first kappa shape index (κ1) is 18.2. The molecule has 0 bridgehead atoms. The van der Waals surface area contributed by atoms with Crippen LogP contribution in [0.2, 0.25) is 0 Å². The van der Waals surface area contributed by atoms with Gasteiger partial charge in [-0.15, -0.1) is 5.10 Å². The minimum Gasteiger partial charge on any atom is -0.488 e. The van der Waals surface area contributed by atoms with Crippen molar-refractivity contribution in [2.45, 2.75) is 31.9 Å². The van der Waals surface area contributed by atoms with E-state index in [0.29, 0.717) is 5.75 Å². The molecule has 0 atom stereocenters. The van der Waals surface area contributed by atoms with Crippen LogP contribution in [0.1, 0.15) is 34.9 Å². The van der Waals surface area contributed by atoms with Crippen molar-refractivity contribution >= 4 is 5.91 Å². The highest BCUT2D eigenvalue weighted by Gasteiger charge is 2.18. The van der Waals surface area contributed by atoms with E-state index in [-0.39, 0.29) is 24.2 Å². The lowest BCUT2D eigenvalue weighted by Crippen LogP contribution is -2.29. The van der Waals surface area contributed by atoms with Gasteiger partial charge in [-0.25, -0.2) is 13.5 Å². The Morgan fingerprint density at radius 3 is 2.96 bits per heavy atom. The van der Waals surface area contributed by atoms with Gasteiger partial charge in [0.15, 0.2) is 5.69 Å². The van der Waals surface area contributed by atoms with Crippen LogP contribution in [-0.2, 0) is 6.54 Å². The molecule has 1 saturated heterocycles. The van der Waals surface area contributed by atoms with Crippen molar-refractivity contribution in [2.24, 2.45) is 0 Å². The number of hydrogen-bond acceptors (Lipinski definition) is 5. The number of aromatic nitrogens is 3. The summed E-state index contributed by atoms with van der Waals surface area (Å²) in [6.45, 7) is 1.44. The number of nitrogens with zero attached hydrogens (tertiary/aromatic N) is 3. The van der Waals surface area contributed by atoms with Crippen molar-refractivity contribution in [1.82, 2.24) is 25.6 Å². The Balaban J connectivity index is 1.54. The van der Waals surface area contributed by atoms with Gasteiger partial charge in [0.2, 0.25) is 0 Å². The Morgan fingerprint density at radius 2 is 2.19 bits per heavy atom. The van der Waals surface area contributed by atoms with Gasteiger partial charge in [0.1, 0.15) is 12.4 Å². The zero-order valence-corrected chi connectivity index (χ0v) is 14.2. The maximum Gasteiger partial charge on any atom is 0.273 e. The number of piperidine rings is 1. The van der Waals surface area contributed by atoms with Gasteiger partial charge in [0.05, 0.1) is 12.2 Å². The summed E-state index contributed by atoms with van der Waals surface area (Å²) in [6.07, 6.45) is 1.04. The molecule has 0 saturated carbocycles. The summed E-state index contributed by atoms with van der Waals surface area (Å²) in [5.41, 5.74) is 1.00. The number of benzene rings is 1. The number of rotatable bonds is 7. The van der Waals surface area contributed by atoms with Gasteiger partial charge >= 0.3 is 0 Å². The summed E-state index contributed by atoms with van der Waals surface area (Å²) >= 11 is 0. The maximum atomic E-state index is 12.2. The monoisotopic (exact) mass is 365 g/mol. The summed E-state index contributed by atoms with van der Waals surface area (Å²) < 4.78 is 31.1. The van der Waals surface area contributed by atoms with Crippen LogP contribution in [0, 0.1) is 0 Å². The standard InChI is InChI=1S/C17H21F2N5O2/c18-16(19)11-26-14-3-1-2-12(8-14)9-21-17(25)15-10-24(23-22-15)13-4-6-20-7-5-13/h1-3,8,10,13,16,20H,4-7,9,11H2,(H,21,25). The first-order valence-electron chi connectivity index (χ1n) is 8.52. The van der Waals surface area contributed by atoms with Crippen molar-refractivity contribution < 1.29 is 18.3 Å². The number of ether oxygens (including phenoxy) is 1. The van der Waals surface area contributed by atoms with Crippen LogP contribution in [0.4, 0.5) is 8.78 Å². The van der Waals surface area contributed by atoms with Gasteiger partial charge in [-0.1, -0.05) is 17.3 Å². The van der Waals surface area contributed by atoms with Gasteiger partial charge in [0, 0.05) is 6.54 Å². The molecule has 1 aromatic heterocycles. The molecule has 9 heteroatoms. The van der Waals surface area contributed by atoms with Crippen LogP contribution in [0.3, 0.4) is 0 Å².